The summed E-state index contributed by atoms with van der Waals surface area (Å²) in [5.74, 6) is 1.62. The quantitative estimate of drug-likeness (QED) is 0.881. The molecule has 20 heavy (non-hydrogen) atoms. The highest BCUT2D eigenvalue weighted by Crippen LogP contribution is 2.26. The van der Waals surface area contributed by atoms with E-state index >= 15 is 0 Å². The summed E-state index contributed by atoms with van der Waals surface area (Å²) in [6.07, 6.45) is 1.54. The lowest BCUT2D eigenvalue weighted by molar-refractivity contribution is 0.411. The fourth-order valence-electron chi connectivity index (χ4n) is 1.81. The number of methoxy groups -OCH3 is 1. The van der Waals surface area contributed by atoms with Crippen LogP contribution in [-0.4, -0.2) is 18.6 Å². The number of hydrogen-bond acceptors (Lipinski definition) is 4. The van der Waals surface area contributed by atoms with Crippen LogP contribution in [0.2, 0.25) is 0 Å². The molecule has 4 nitrogen and oxygen atoms in total. The van der Waals surface area contributed by atoms with Crippen LogP contribution in [0.3, 0.4) is 0 Å². The topological polar surface area (TPSA) is 47.3 Å². The van der Waals surface area contributed by atoms with Gasteiger partial charge in [0, 0.05) is 6.07 Å². The van der Waals surface area contributed by atoms with Gasteiger partial charge in [-0.1, -0.05) is 13.8 Å². The number of nitrogens with zero attached hydrogens (tertiary/aromatic N) is 1. The van der Waals surface area contributed by atoms with Crippen LogP contribution < -0.4 is 10.1 Å². The van der Waals surface area contributed by atoms with Gasteiger partial charge in [-0.15, -0.1) is 0 Å². The molecule has 0 fully saturated rings. The Hall–Kier alpha value is -1.88. The first kappa shape index (κ1) is 14.5. The predicted molar refractivity (Wildman–Crippen MR) is 75.0 cm³/mol. The third-order valence-corrected chi connectivity index (χ3v) is 2.82. The number of oxazole rings is 1. The molecule has 1 heterocycles. The van der Waals surface area contributed by atoms with E-state index in [1.54, 1.807) is 12.1 Å². The Morgan fingerprint density at radius 1 is 1.40 bits per heavy atom. The molecule has 0 radical (unpaired) electrons. The first-order valence-corrected chi connectivity index (χ1v) is 6.59. The second-order valence-corrected chi connectivity index (χ2v) is 4.99. The Bertz CT molecular complexity index is 567. The summed E-state index contributed by atoms with van der Waals surface area (Å²) in [5.41, 5.74) is 0.383. The summed E-state index contributed by atoms with van der Waals surface area (Å²) < 4.78 is 24.4. The summed E-state index contributed by atoms with van der Waals surface area (Å²) in [6.45, 7) is 5.67. The van der Waals surface area contributed by atoms with E-state index in [9.17, 15) is 4.39 Å². The van der Waals surface area contributed by atoms with Crippen LogP contribution in [-0.2, 0) is 6.54 Å². The van der Waals surface area contributed by atoms with E-state index in [0.717, 1.165) is 6.54 Å². The molecule has 0 unspecified atom stereocenters. The minimum atomic E-state index is -0.387. The molecule has 1 N–H and O–H groups in total. The minimum Gasteiger partial charge on any atom is -0.497 e. The van der Waals surface area contributed by atoms with E-state index in [4.69, 9.17) is 9.15 Å². The van der Waals surface area contributed by atoms with Gasteiger partial charge in [0.15, 0.2) is 5.76 Å². The number of hydrogen-bond donors (Lipinski definition) is 1. The molecule has 0 aliphatic rings. The van der Waals surface area contributed by atoms with E-state index in [1.807, 2.05) is 0 Å². The molecule has 1 aromatic heterocycles. The van der Waals surface area contributed by atoms with Gasteiger partial charge in [-0.3, -0.25) is 0 Å². The summed E-state index contributed by atoms with van der Waals surface area (Å²) in [4.78, 5) is 4.15. The van der Waals surface area contributed by atoms with Crippen LogP contribution in [0.1, 0.15) is 19.7 Å². The number of halogens is 1. The van der Waals surface area contributed by atoms with E-state index in [1.165, 1.54) is 19.4 Å². The van der Waals surface area contributed by atoms with Crippen molar-refractivity contribution in [3.8, 4) is 17.1 Å². The highest BCUT2D eigenvalue weighted by molar-refractivity contribution is 5.58. The molecule has 0 saturated carbocycles. The number of aromatic nitrogens is 1. The SMILES string of the molecule is COc1ccc(-c2cnc(CNCC(C)C)o2)c(F)c1. The second kappa shape index (κ2) is 6.52. The number of ether oxygens (including phenoxy) is 1. The maximum atomic E-state index is 13.9. The van der Waals surface area contributed by atoms with Gasteiger partial charge >= 0.3 is 0 Å². The van der Waals surface area contributed by atoms with E-state index in [-0.39, 0.29) is 5.82 Å². The molecule has 1 aromatic carbocycles. The monoisotopic (exact) mass is 278 g/mol. The molecule has 5 heteroatoms. The second-order valence-electron chi connectivity index (χ2n) is 4.99. The van der Waals surface area contributed by atoms with Crippen molar-refractivity contribution >= 4 is 0 Å². The Morgan fingerprint density at radius 2 is 2.20 bits per heavy atom. The molecule has 0 spiro atoms. The largest absolute Gasteiger partial charge is 0.497 e. The van der Waals surface area contributed by atoms with Crippen molar-refractivity contribution < 1.29 is 13.5 Å². The average molecular weight is 278 g/mol. The first-order chi connectivity index (χ1) is 9.60. The fraction of sp³-hybridized carbons (Fsp3) is 0.400. The van der Waals surface area contributed by atoms with Gasteiger partial charge in [0.25, 0.3) is 0 Å². The minimum absolute atomic E-state index is 0.383. The van der Waals surface area contributed by atoms with Crippen molar-refractivity contribution in [1.82, 2.24) is 10.3 Å². The molecule has 0 bridgehead atoms. The molecule has 0 saturated heterocycles. The third kappa shape index (κ3) is 3.57. The van der Waals surface area contributed by atoms with E-state index in [0.29, 0.717) is 35.4 Å². The highest BCUT2D eigenvalue weighted by atomic mass is 19.1. The number of rotatable bonds is 6. The fourth-order valence-corrected chi connectivity index (χ4v) is 1.81. The lowest BCUT2D eigenvalue weighted by Crippen LogP contribution is -2.18. The van der Waals surface area contributed by atoms with Gasteiger partial charge in [-0.2, -0.15) is 0 Å². The Morgan fingerprint density at radius 3 is 2.85 bits per heavy atom. The standard InChI is InChI=1S/C15H19FN2O2/c1-10(2)7-17-9-15-18-8-14(20-15)12-5-4-11(19-3)6-13(12)16/h4-6,8,10,17H,7,9H2,1-3H3. The van der Waals surface area contributed by atoms with Gasteiger partial charge in [0.2, 0.25) is 5.89 Å². The van der Waals surface area contributed by atoms with Gasteiger partial charge in [0.05, 0.1) is 25.4 Å². The molecule has 0 amide bonds. The van der Waals surface area contributed by atoms with Crippen LogP contribution >= 0.6 is 0 Å². The molecule has 2 aromatic rings. The van der Waals surface area contributed by atoms with E-state index < -0.39 is 0 Å². The van der Waals surface area contributed by atoms with Crippen molar-refractivity contribution in [2.24, 2.45) is 5.92 Å². The first-order valence-electron chi connectivity index (χ1n) is 6.59. The van der Waals surface area contributed by atoms with Crippen LogP contribution in [0.5, 0.6) is 5.75 Å². The maximum absolute atomic E-state index is 13.9. The number of benzene rings is 1. The van der Waals surface area contributed by atoms with Gasteiger partial charge < -0.3 is 14.5 Å². The lowest BCUT2D eigenvalue weighted by Gasteiger charge is -2.04. The average Bonchev–Trinajstić information content (AvgIpc) is 2.86. The molecule has 0 aliphatic carbocycles. The Labute approximate surface area is 118 Å². The molecule has 0 aliphatic heterocycles. The van der Waals surface area contributed by atoms with Crippen molar-refractivity contribution in [2.75, 3.05) is 13.7 Å². The maximum Gasteiger partial charge on any atom is 0.208 e. The third-order valence-electron chi connectivity index (χ3n) is 2.82. The van der Waals surface area contributed by atoms with Crippen molar-refractivity contribution in [3.63, 3.8) is 0 Å². The Kier molecular flexibility index (Phi) is 4.74. The van der Waals surface area contributed by atoms with Crippen LogP contribution in [0.15, 0.2) is 28.8 Å². The van der Waals surface area contributed by atoms with Crippen LogP contribution in [0, 0.1) is 11.7 Å². The van der Waals surface area contributed by atoms with Crippen LogP contribution in [0.25, 0.3) is 11.3 Å². The van der Waals surface area contributed by atoms with E-state index in [2.05, 4.69) is 24.1 Å². The molecule has 108 valence electrons. The summed E-state index contributed by atoms with van der Waals surface area (Å²) in [7, 11) is 1.50. The van der Waals surface area contributed by atoms with Gasteiger partial charge in [-0.25, -0.2) is 9.37 Å². The molecule has 0 atom stereocenters. The number of nitrogens with one attached hydrogen (secondary N) is 1. The summed E-state index contributed by atoms with van der Waals surface area (Å²) >= 11 is 0. The highest BCUT2D eigenvalue weighted by Gasteiger charge is 2.12. The molecular weight excluding hydrogens is 259 g/mol. The smallest absolute Gasteiger partial charge is 0.208 e. The summed E-state index contributed by atoms with van der Waals surface area (Å²) in [6, 6.07) is 4.65. The zero-order valence-electron chi connectivity index (χ0n) is 11.9. The van der Waals surface area contributed by atoms with Crippen molar-refractivity contribution in [2.45, 2.75) is 20.4 Å². The van der Waals surface area contributed by atoms with Crippen LogP contribution in [0.4, 0.5) is 4.39 Å². The zero-order chi connectivity index (χ0) is 14.5. The normalized spacial score (nSPS) is 11.1. The zero-order valence-corrected chi connectivity index (χ0v) is 11.9. The predicted octanol–water partition coefficient (Wildman–Crippen LogP) is 3.23. The van der Waals surface area contributed by atoms with Crippen molar-refractivity contribution in [1.29, 1.82) is 0 Å². The lowest BCUT2D eigenvalue weighted by atomic mass is 10.1. The molecular formula is C15H19FN2O2. The summed E-state index contributed by atoms with van der Waals surface area (Å²) in [5, 5.41) is 3.23. The molecule has 2 rings (SSSR count). The van der Waals surface area contributed by atoms with Gasteiger partial charge in [-0.05, 0) is 24.6 Å². The van der Waals surface area contributed by atoms with Gasteiger partial charge in [0.1, 0.15) is 11.6 Å². The Balaban J connectivity index is 2.08. The van der Waals surface area contributed by atoms with Crippen molar-refractivity contribution in [3.05, 3.63) is 36.1 Å².